The van der Waals surface area contributed by atoms with Crippen molar-refractivity contribution >= 4 is 34.2 Å². The van der Waals surface area contributed by atoms with Crippen molar-refractivity contribution in [2.75, 3.05) is 0 Å². The Morgan fingerprint density at radius 1 is 1.19 bits per heavy atom. The maximum Gasteiger partial charge on any atom is 0.132 e. The first kappa shape index (κ1) is 14.4. The number of halogens is 3. The van der Waals surface area contributed by atoms with Gasteiger partial charge in [-0.3, -0.25) is 4.57 Å². The Morgan fingerprint density at radius 3 is 2.62 bits per heavy atom. The Morgan fingerprint density at radius 2 is 1.95 bits per heavy atom. The molecule has 1 unspecified atom stereocenters. The highest BCUT2D eigenvalue weighted by Gasteiger charge is 2.17. The molecular weight excluding hydrogens is 310 g/mol. The molecule has 0 bridgehead atoms. The molecule has 0 N–H and O–H groups in total. The largest absolute Gasteiger partial charge is 0.295 e. The van der Waals surface area contributed by atoms with Gasteiger partial charge in [-0.05, 0) is 55.8 Å². The second-order valence-corrected chi connectivity index (χ2v) is 6.08. The lowest BCUT2D eigenvalue weighted by molar-refractivity contribution is 0.618. The summed E-state index contributed by atoms with van der Waals surface area (Å²) in [7, 11) is 0. The third-order valence-corrected chi connectivity index (χ3v) is 3.83. The van der Waals surface area contributed by atoms with Crippen LogP contribution in [0.1, 0.15) is 23.7 Å². The topological polar surface area (TPSA) is 17.8 Å². The number of hydrogen-bond acceptors (Lipinski definition) is 1. The number of rotatable bonds is 2. The lowest BCUT2D eigenvalue weighted by atomic mass is 10.2. The van der Waals surface area contributed by atoms with Gasteiger partial charge in [-0.25, -0.2) is 9.37 Å². The van der Waals surface area contributed by atoms with Crippen molar-refractivity contribution in [1.82, 2.24) is 9.55 Å². The zero-order chi connectivity index (χ0) is 15.1. The molecule has 0 saturated carbocycles. The maximum absolute atomic E-state index is 13.5. The SMILES string of the molecule is Cc1cc(-n2c(C(C)Cl)nc3ccc(Cl)cc32)ccc1F. The molecule has 0 aliphatic rings. The number of benzene rings is 2. The summed E-state index contributed by atoms with van der Waals surface area (Å²) in [6, 6.07) is 10.4. The van der Waals surface area contributed by atoms with Crippen molar-refractivity contribution in [3.05, 3.63) is 58.6 Å². The highest BCUT2D eigenvalue weighted by molar-refractivity contribution is 6.31. The average molecular weight is 323 g/mol. The first-order valence-electron chi connectivity index (χ1n) is 6.56. The molecule has 3 aromatic rings. The van der Waals surface area contributed by atoms with Crippen molar-refractivity contribution in [3.63, 3.8) is 0 Å². The molecule has 21 heavy (non-hydrogen) atoms. The van der Waals surface area contributed by atoms with E-state index in [0.29, 0.717) is 16.4 Å². The molecule has 0 aliphatic carbocycles. The average Bonchev–Trinajstić information content (AvgIpc) is 2.80. The van der Waals surface area contributed by atoms with E-state index >= 15 is 0 Å². The number of hydrogen-bond donors (Lipinski definition) is 0. The zero-order valence-corrected chi connectivity index (χ0v) is 13.1. The van der Waals surface area contributed by atoms with Crippen LogP contribution < -0.4 is 0 Å². The van der Waals surface area contributed by atoms with E-state index in [4.69, 9.17) is 23.2 Å². The van der Waals surface area contributed by atoms with Crippen LogP contribution in [-0.4, -0.2) is 9.55 Å². The fraction of sp³-hybridized carbons (Fsp3) is 0.188. The number of nitrogens with zero attached hydrogens (tertiary/aromatic N) is 2. The molecule has 0 fully saturated rings. The first-order chi connectivity index (χ1) is 9.97. The van der Waals surface area contributed by atoms with Gasteiger partial charge in [0.2, 0.25) is 0 Å². The van der Waals surface area contributed by atoms with Gasteiger partial charge in [0.05, 0.1) is 16.4 Å². The van der Waals surface area contributed by atoms with E-state index in [1.807, 2.05) is 23.6 Å². The molecule has 2 nitrogen and oxygen atoms in total. The van der Waals surface area contributed by atoms with Crippen LogP contribution in [0.3, 0.4) is 0 Å². The maximum atomic E-state index is 13.5. The van der Waals surface area contributed by atoms with Crippen LogP contribution in [0.5, 0.6) is 0 Å². The molecule has 5 heteroatoms. The van der Waals surface area contributed by atoms with E-state index in [2.05, 4.69) is 4.98 Å². The molecular formula is C16H13Cl2FN2. The smallest absolute Gasteiger partial charge is 0.132 e. The van der Waals surface area contributed by atoms with Crippen LogP contribution in [0, 0.1) is 12.7 Å². The summed E-state index contributed by atoms with van der Waals surface area (Å²) in [5.74, 6) is 0.474. The third-order valence-electron chi connectivity index (χ3n) is 3.40. The van der Waals surface area contributed by atoms with Crippen LogP contribution >= 0.6 is 23.2 Å². The fourth-order valence-electron chi connectivity index (χ4n) is 2.37. The number of fused-ring (bicyclic) bond motifs is 1. The van der Waals surface area contributed by atoms with E-state index < -0.39 is 0 Å². The molecule has 2 aromatic carbocycles. The predicted molar refractivity (Wildman–Crippen MR) is 85.0 cm³/mol. The van der Waals surface area contributed by atoms with Gasteiger partial charge >= 0.3 is 0 Å². The van der Waals surface area contributed by atoms with Crippen molar-refractivity contribution < 1.29 is 4.39 Å². The van der Waals surface area contributed by atoms with Gasteiger partial charge in [-0.2, -0.15) is 0 Å². The minimum absolute atomic E-state index is 0.235. The highest BCUT2D eigenvalue weighted by atomic mass is 35.5. The molecule has 1 atom stereocenters. The number of aromatic nitrogens is 2. The molecule has 0 radical (unpaired) electrons. The minimum atomic E-state index is -0.276. The fourth-order valence-corrected chi connectivity index (χ4v) is 2.69. The van der Waals surface area contributed by atoms with Gasteiger partial charge in [0.25, 0.3) is 0 Å². The molecule has 1 heterocycles. The monoisotopic (exact) mass is 322 g/mol. The number of imidazole rings is 1. The minimum Gasteiger partial charge on any atom is -0.295 e. The third kappa shape index (κ3) is 2.52. The van der Waals surface area contributed by atoms with E-state index in [-0.39, 0.29) is 11.2 Å². The standard InChI is InChI=1S/C16H13Cl2FN2/c1-9-7-12(4-5-13(9)19)21-15-8-11(18)3-6-14(15)20-16(21)10(2)17/h3-8,10H,1-2H3. The summed E-state index contributed by atoms with van der Waals surface area (Å²) in [5, 5.41) is 0.345. The van der Waals surface area contributed by atoms with Gasteiger partial charge in [0.1, 0.15) is 11.6 Å². The van der Waals surface area contributed by atoms with Gasteiger partial charge in [0.15, 0.2) is 0 Å². The summed E-state index contributed by atoms with van der Waals surface area (Å²) in [6.45, 7) is 3.59. The second kappa shape index (κ2) is 5.32. The van der Waals surface area contributed by atoms with Gasteiger partial charge in [-0.1, -0.05) is 11.6 Å². The Bertz CT molecular complexity index is 825. The van der Waals surface area contributed by atoms with Crippen molar-refractivity contribution in [2.45, 2.75) is 19.2 Å². The molecule has 0 aliphatic heterocycles. The normalized spacial score (nSPS) is 12.8. The van der Waals surface area contributed by atoms with E-state index in [9.17, 15) is 4.39 Å². The lowest BCUT2D eigenvalue weighted by Crippen LogP contribution is -2.02. The van der Waals surface area contributed by atoms with Gasteiger partial charge < -0.3 is 0 Å². The number of alkyl halides is 1. The van der Waals surface area contributed by atoms with Crippen molar-refractivity contribution in [3.8, 4) is 5.69 Å². The van der Waals surface area contributed by atoms with Crippen LogP contribution in [0.15, 0.2) is 36.4 Å². The Balaban J connectivity index is 2.35. The van der Waals surface area contributed by atoms with E-state index in [1.165, 1.54) is 6.07 Å². The highest BCUT2D eigenvalue weighted by Crippen LogP contribution is 2.30. The Kier molecular flexibility index (Phi) is 3.64. The molecule has 108 valence electrons. The van der Waals surface area contributed by atoms with Gasteiger partial charge in [-0.15, -0.1) is 11.6 Å². The van der Waals surface area contributed by atoms with Crippen LogP contribution in [0.25, 0.3) is 16.7 Å². The molecule has 1 aromatic heterocycles. The summed E-state index contributed by atoms with van der Waals surface area (Å²) in [5.41, 5.74) is 3.06. The quantitative estimate of drug-likeness (QED) is 0.575. The van der Waals surface area contributed by atoms with Crippen LogP contribution in [-0.2, 0) is 0 Å². The van der Waals surface area contributed by atoms with Crippen LogP contribution in [0.4, 0.5) is 4.39 Å². The van der Waals surface area contributed by atoms with E-state index in [1.54, 1.807) is 25.1 Å². The predicted octanol–water partition coefficient (Wildman–Crippen LogP) is 5.43. The summed E-state index contributed by atoms with van der Waals surface area (Å²) < 4.78 is 15.4. The summed E-state index contributed by atoms with van der Waals surface area (Å²) >= 11 is 12.3. The Labute approximate surface area is 132 Å². The molecule has 0 spiro atoms. The summed E-state index contributed by atoms with van der Waals surface area (Å²) in [4.78, 5) is 4.56. The number of aryl methyl sites for hydroxylation is 1. The van der Waals surface area contributed by atoms with Crippen molar-refractivity contribution in [1.29, 1.82) is 0 Å². The van der Waals surface area contributed by atoms with Crippen molar-refractivity contribution in [2.24, 2.45) is 0 Å². The molecule has 0 saturated heterocycles. The van der Waals surface area contributed by atoms with Crippen LogP contribution in [0.2, 0.25) is 5.02 Å². The second-order valence-electron chi connectivity index (χ2n) is 4.99. The van der Waals surface area contributed by atoms with E-state index in [0.717, 1.165) is 16.7 Å². The molecule has 3 rings (SSSR count). The summed E-state index contributed by atoms with van der Waals surface area (Å²) in [6.07, 6.45) is 0. The first-order valence-corrected chi connectivity index (χ1v) is 7.37. The molecule has 0 amide bonds. The zero-order valence-electron chi connectivity index (χ0n) is 11.6. The lowest BCUT2D eigenvalue weighted by Gasteiger charge is -2.11. The van der Waals surface area contributed by atoms with Gasteiger partial charge in [0, 0.05) is 10.7 Å². The Hall–Kier alpha value is -1.58.